The predicted molar refractivity (Wildman–Crippen MR) is 82.2 cm³/mol. The summed E-state index contributed by atoms with van der Waals surface area (Å²) in [6.07, 6.45) is 0. The van der Waals surface area contributed by atoms with Crippen molar-refractivity contribution in [1.82, 2.24) is 0 Å². The number of aryl methyl sites for hydroxylation is 1. The standard InChI is InChI=1S/C14H17ClN2S/c1-10-6-7-18-14(10)9-16-11-4-5-13(17(2)3)12(15)8-11/h4-8,16H,9H2,1-3H3. The number of hydrogen-bond acceptors (Lipinski definition) is 3. The molecule has 0 aliphatic heterocycles. The monoisotopic (exact) mass is 280 g/mol. The van der Waals surface area contributed by atoms with E-state index in [2.05, 4.69) is 29.8 Å². The number of nitrogens with one attached hydrogen (secondary N) is 1. The molecule has 0 amide bonds. The molecule has 1 aromatic carbocycles. The summed E-state index contributed by atoms with van der Waals surface area (Å²) in [7, 11) is 3.98. The van der Waals surface area contributed by atoms with E-state index in [1.165, 1.54) is 10.4 Å². The zero-order chi connectivity index (χ0) is 13.1. The van der Waals surface area contributed by atoms with Crippen LogP contribution in [0.3, 0.4) is 0 Å². The molecule has 1 aromatic heterocycles. The zero-order valence-corrected chi connectivity index (χ0v) is 12.4. The van der Waals surface area contributed by atoms with Gasteiger partial charge in [0.1, 0.15) is 0 Å². The van der Waals surface area contributed by atoms with Gasteiger partial charge in [-0.1, -0.05) is 11.6 Å². The Balaban J connectivity index is 2.07. The largest absolute Gasteiger partial charge is 0.380 e. The lowest BCUT2D eigenvalue weighted by atomic mass is 10.2. The Labute approximate surface area is 117 Å². The van der Waals surface area contributed by atoms with Gasteiger partial charge in [0.05, 0.1) is 10.7 Å². The summed E-state index contributed by atoms with van der Waals surface area (Å²) in [5.74, 6) is 0. The lowest BCUT2D eigenvalue weighted by Crippen LogP contribution is -2.09. The molecule has 2 rings (SSSR count). The smallest absolute Gasteiger partial charge is 0.0659 e. The van der Waals surface area contributed by atoms with E-state index in [4.69, 9.17) is 11.6 Å². The highest BCUT2D eigenvalue weighted by Crippen LogP contribution is 2.28. The SMILES string of the molecule is Cc1ccsc1CNc1ccc(N(C)C)c(Cl)c1. The second-order valence-corrected chi connectivity index (χ2v) is 5.85. The van der Waals surface area contributed by atoms with E-state index in [-0.39, 0.29) is 0 Å². The summed E-state index contributed by atoms with van der Waals surface area (Å²) in [6.45, 7) is 2.98. The van der Waals surface area contributed by atoms with Gasteiger partial charge in [0.2, 0.25) is 0 Å². The number of anilines is 2. The van der Waals surface area contributed by atoms with Crippen LogP contribution < -0.4 is 10.2 Å². The minimum Gasteiger partial charge on any atom is -0.380 e. The molecule has 0 fully saturated rings. The van der Waals surface area contributed by atoms with E-state index in [0.29, 0.717) is 0 Å². The fraction of sp³-hybridized carbons (Fsp3) is 0.286. The van der Waals surface area contributed by atoms with Gasteiger partial charge in [0, 0.05) is 31.2 Å². The van der Waals surface area contributed by atoms with Crippen molar-refractivity contribution in [3.8, 4) is 0 Å². The Morgan fingerprint density at radius 3 is 2.61 bits per heavy atom. The summed E-state index contributed by atoms with van der Waals surface area (Å²) in [6, 6.07) is 8.21. The van der Waals surface area contributed by atoms with Gasteiger partial charge >= 0.3 is 0 Å². The van der Waals surface area contributed by atoms with Crippen LogP contribution in [0, 0.1) is 6.92 Å². The van der Waals surface area contributed by atoms with Gasteiger partial charge in [-0.2, -0.15) is 0 Å². The van der Waals surface area contributed by atoms with Crippen molar-refractivity contribution < 1.29 is 0 Å². The number of nitrogens with zero attached hydrogens (tertiary/aromatic N) is 1. The molecule has 0 unspecified atom stereocenters. The lowest BCUT2D eigenvalue weighted by Gasteiger charge is -2.15. The second kappa shape index (κ2) is 5.63. The van der Waals surface area contributed by atoms with Crippen LogP contribution in [-0.2, 0) is 6.54 Å². The van der Waals surface area contributed by atoms with Crippen molar-refractivity contribution in [3.63, 3.8) is 0 Å². The molecule has 1 heterocycles. The minimum absolute atomic E-state index is 0.771. The summed E-state index contributed by atoms with van der Waals surface area (Å²) < 4.78 is 0. The molecule has 0 spiro atoms. The number of rotatable bonds is 4. The van der Waals surface area contributed by atoms with Crippen molar-refractivity contribution in [2.45, 2.75) is 13.5 Å². The van der Waals surface area contributed by atoms with Gasteiger partial charge in [-0.25, -0.2) is 0 Å². The van der Waals surface area contributed by atoms with Gasteiger partial charge in [-0.05, 0) is 42.1 Å². The zero-order valence-electron chi connectivity index (χ0n) is 10.8. The molecule has 2 nitrogen and oxygen atoms in total. The molecule has 4 heteroatoms. The summed E-state index contributed by atoms with van der Waals surface area (Å²) in [4.78, 5) is 3.37. The molecular weight excluding hydrogens is 264 g/mol. The number of thiophene rings is 1. The molecule has 1 N–H and O–H groups in total. The first-order chi connectivity index (χ1) is 8.58. The molecule has 18 heavy (non-hydrogen) atoms. The molecule has 96 valence electrons. The maximum absolute atomic E-state index is 6.24. The molecule has 0 radical (unpaired) electrons. The van der Waals surface area contributed by atoms with Gasteiger partial charge in [-0.3, -0.25) is 0 Å². The number of halogens is 1. The summed E-state index contributed by atoms with van der Waals surface area (Å²) >= 11 is 8.01. The first-order valence-corrected chi connectivity index (χ1v) is 7.07. The van der Waals surface area contributed by atoms with Crippen LogP contribution in [0.15, 0.2) is 29.6 Å². The molecule has 0 atom stereocenters. The Morgan fingerprint density at radius 1 is 1.28 bits per heavy atom. The van der Waals surface area contributed by atoms with Crippen molar-refractivity contribution >= 4 is 34.3 Å². The van der Waals surface area contributed by atoms with Crippen LogP contribution in [0.2, 0.25) is 5.02 Å². The maximum Gasteiger partial charge on any atom is 0.0659 e. The van der Waals surface area contributed by atoms with E-state index in [9.17, 15) is 0 Å². The van der Waals surface area contributed by atoms with Gasteiger partial charge < -0.3 is 10.2 Å². The Bertz CT molecular complexity index is 534. The van der Waals surface area contributed by atoms with Crippen LogP contribution in [0.1, 0.15) is 10.4 Å². The van der Waals surface area contributed by atoms with Gasteiger partial charge in [0.25, 0.3) is 0 Å². The molecule has 0 bridgehead atoms. The van der Waals surface area contributed by atoms with Gasteiger partial charge in [-0.15, -0.1) is 11.3 Å². The van der Waals surface area contributed by atoms with Crippen LogP contribution in [0.4, 0.5) is 11.4 Å². The first-order valence-electron chi connectivity index (χ1n) is 5.81. The first kappa shape index (κ1) is 13.2. The minimum atomic E-state index is 0.771. The highest BCUT2D eigenvalue weighted by Gasteiger charge is 2.04. The quantitative estimate of drug-likeness (QED) is 0.894. The molecular formula is C14H17ClN2S. The molecule has 0 aliphatic rings. The average Bonchev–Trinajstić information content (AvgIpc) is 2.72. The third-order valence-electron chi connectivity index (χ3n) is 2.85. The third-order valence-corrected chi connectivity index (χ3v) is 4.18. The van der Waals surface area contributed by atoms with Crippen LogP contribution >= 0.6 is 22.9 Å². The van der Waals surface area contributed by atoms with Crippen LogP contribution in [0.5, 0.6) is 0 Å². The fourth-order valence-electron chi connectivity index (χ4n) is 1.75. The van der Waals surface area contributed by atoms with Crippen molar-refractivity contribution in [2.75, 3.05) is 24.3 Å². The summed E-state index contributed by atoms with van der Waals surface area (Å²) in [5.41, 5.74) is 3.43. The van der Waals surface area contributed by atoms with Crippen molar-refractivity contribution in [3.05, 3.63) is 45.1 Å². The normalized spacial score (nSPS) is 10.4. The van der Waals surface area contributed by atoms with Gasteiger partial charge in [0.15, 0.2) is 0 Å². The average molecular weight is 281 g/mol. The van der Waals surface area contributed by atoms with Crippen molar-refractivity contribution in [2.24, 2.45) is 0 Å². The predicted octanol–water partition coefficient (Wildman–Crippen LogP) is 4.39. The molecule has 0 saturated heterocycles. The Kier molecular flexibility index (Phi) is 4.15. The number of hydrogen-bond donors (Lipinski definition) is 1. The van der Waals surface area contributed by atoms with E-state index in [1.807, 2.05) is 31.1 Å². The van der Waals surface area contributed by atoms with Crippen LogP contribution in [0.25, 0.3) is 0 Å². The number of benzene rings is 1. The van der Waals surface area contributed by atoms with E-state index < -0.39 is 0 Å². The molecule has 0 saturated carbocycles. The van der Waals surface area contributed by atoms with Crippen LogP contribution in [-0.4, -0.2) is 14.1 Å². The van der Waals surface area contributed by atoms with E-state index >= 15 is 0 Å². The summed E-state index contributed by atoms with van der Waals surface area (Å²) in [5, 5.41) is 6.29. The Hall–Kier alpha value is -1.19. The highest BCUT2D eigenvalue weighted by atomic mass is 35.5. The van der Waals surface area contributed by atoms with Crippen molar-refractivity contribution in [1.29, 1.82) is 0 Å². The molecule has 2 aromatic rings. The maximum atomic E-state index is 6.24. The van der Waals surface area contributed by atoms with E-state index in [1.54, 1.807) is 11.3 Å². The molecule has 0 aliphatic carbocycles. The highest BCUT2D eigenvalue weighted by molar-refractivity contribution is 7.10. The second-order valence-electron chi connectivity index (χ2n) is 4.44. The topological polar surface area (TPSA) is 15.3 Å². The fourth-order valence-corrected chi connectivity index (χ4v) is 2.94. The third kappa shape index (κ3) is 2.98. The van der Waals surface area contributed by atoms with E-state index in [0.717, 1.165) is 22.9 Å². The Morgan fingerprint density at radius 2 is 2.06 bits per heavy atom. The lowest BCUT2D eigenvalue weighted by molar-refractivity contribution is 1.13.